The third kappa shape index (κ3) is 4.38. The molecule has 7 rings (SSSR count). The Morgan fingerprint density at radius 2 is 0.658 bits per heavy atom. The van der Waals surface area contributed by atoms with Crippen LogP contribution in [0.25, 0.3) is 21.5 Å². The Morgan fingerprint density at radius 1 is 0.395 bits per heavy atom. The summed E-state index contributed by atoms with van der Waals surface area (Å²) in [5.41, 5.74) is 2.09. The lowest BCUT2D eigenvalue weighted by atomic mass is 9.98. The first-order chi connectivity index (χ1) is 18.9. The van der Waals surface area contributed by atoms with E-state index in [1.165, 1.54) is 84.8 Å². The fourth-order valence-electron chi connectivity index (χ4n) is 6.88. The van der Waals surface area contributed by atoms with E-state index in [4.69, 9.17) is 9.98 Å². The monoisotopic (exact) mass is 508 g/mol. The average molecular weight is 509 g/mol. The van der Waals surface area contributed by atoms with Crippen LogP contribution in [0.4, 0.5) is 11.4 Å². The molecular formula is C32H40N6. The molecule has 4 heterocycles. The molecule has 4 fully saturated rings. The van der Waals surface area contributed by atoms with E-state index in [0.717, 1.165) is 63.7 Å². The lowest BCUT2D eigenvalue weighted by Crippen LogP contribution is -2.41. The molecule has 0 amide bonds. The van der Waals surface area contributed by atoms with Gasteiger partial charge >= 0.3 is 0 Å². The summed E-state index contributed by atoms with van der Waals surface area (Å²) in [7, 11) is 0. The molecule has 0 aliphatic carbocycles. The maximum absolute atomic E-state index is 5.63. The number of fused-ring (bicyclic) bond motifs is 3. The Labute approximate surface area is 226 Å². The number of likely N-dealkylation sites (tertiary alicyclic amines) is 4. The quantitative estimate of drug-likeness (QED) is 0.230. The van der Waals surface area contributed by atoms with Crippen LogP contribution in [0.5, 0.6) is 0 Å². The molecule has 198 valence electrons. The molecule has 3 aromatic carbocycles. The van der Waals surface area contributed by atoms with Gasteiger partial charge in [0.05, 0.1) is 0 Å². The summed E-state index contributed by atoms with van der Waals surface area (Å²) in [5.74, 6) is 2.33. The Kier molecular flexibility index (Phi) is 6.56. The van der Waals surface area contributed by atoms with Crippen molar-refractivity contribution >= 4 is 44.8 Å². The third-order valence-corrected chi connectivity index (χ3v) is 8.86. The van der Waals surface area contributed by atoms with Gasteiger partial charge in [0.1, 0.15) is 11.4 Å². The summed E-state index contributed by atoms with van der Waals surface area (Å²) in [6.07, 6.45) is 10.0. The van der Waals surface area contributed by atoms with Crippen LogP contribution in [0.1, 0.15) is 51.4 Å². The number of aliphatic imine (C=N–C) groups is 2. The van der Waals surface area contributed by atoms with Crippen molar-refractivity contribution in [3.63, 3.8) is 0 Å². The van der Waals surface area contributed by atoms with Crippen LogP contribution in [0.3, 0.4) is 0 Å². The number of guanidine groups is 2. The van der Waals surface area contributed by atoms with Crippen LogP contribution in [-0.4, -0.2) is 83.9 Å². The van der Waals surface area contributed by atoms with Crippen molar-refractivity contribution in [3.8, 4) is 0 Å². The van der Waals surface area contributed by atoms with E-state index in [1.807, 2.05) is 0 Å². The maximum Gasteiger partial charge on any atom is 0.201 e. The fourth-order valence-corrected chi connectivity index (χ4v) is 6.88. The van der Waals surface area contributed by atoms with Gasteiger partial charge in [-0.15, -0.1) is 0 Å². The van der Waals surface area contributed by atoms with Crippen molar-refractivity contribution in [2.75, 3.05) is 52.4 Å². The SMILES string of the molecule is c1ccc2c(c1)c(N=C(N1CCCC1)N1CCCC1)c(N=C(N1CCCC1)N1CCCC1)c1ccccc12. The summed E-state index contributed by atoms with van der Waals surface area (Å²) >= 11 is 0. The topological polar surface area (TPSA) is 37.7 Å². The van der Waals surface area contributed by atoms with E-state index in [0.29, 0.717) is 0 Å². The molecule has 0 unspecified atom stereocenters. The van der Waals surface area contributed by atoms with E-state index in [9.17, 15) is 0 Å². The minimum atomic E-state index is 1.05. The molecule has 0 saturated carbocycles. The Balaban J connectivity index is 1.50. The zero-order chi connectivity index (χ0) is 25.3. The molecule has 4 aliphatic heterocycles. The molecule has 0 N–H and O–H groups in total. The highest BCUT2D eigenvalue weighted by molar-refractivity contribution is 6.20. The van der Waals surface area contributed by atoms with Gasteiger partial charge in [-0.25, -0.2) is 9.98 Å². The maximum atomic E-state index is 5.63. The standard InChI is InChI=1S/C32H40N6/c1-3-15-27-25(13-1)26-14-2-4-16-28(26)30(34-32(37-21-9-10-22-37)38-23-11-12-24-38)29(27)33-31(35-17-5-6-18-35)36-19-7-8-20-36/h1-4,13-16H,5-12,17-24H2. The molecule has 0 atom stereocenters. The highest BCUT2D eigenvalue weighted by atomic mass is 15.4. The van der Waals surface area contributed by atoms with Crippen molar-refractivity contribution < 1.29 is 0 Å². The highest BCUT2D eigenvalue weighted by Crippen LogP contribution is 2.44. The Hall–Kier alpha value is -3.28. The summed E-state index contributed by atoms with van der Waals surface area (Å²) in [4.78, 5) is 21.4. The predicted octanol–water partition coefficient (Wildman–Crippen LogP) is 6.35. The second-order valence-electron chi connectivity index (χ2n) is 11.4. The number of benzene rings is 3. The zero-order valence-corrected chi connectivity index (χ0v) is 22.6. The van der Waals surface area contributed by atoms with Crippen molar-refractivity contribution in [3.05, 3.63) is 48.5 Å². The van der Waals surface area contributed by atoms with Crippen LogP contribution < -0.4 is 0 Å². The van der Waals surface area contributed by atoms with Gasteiger partial charge in [-0.05, 0) is 62.1 Å². The highest BCUT2D eigenvalue weighted by Gasteiger charge is 2.28. The molecule has 3 aromatic rings. The molecule has 38 heavy (non-hydrogen) atoms. The number of rotatable bonds is 2. The van der Waals surface area contributed by atoms with Crippen molar-refractivity contribution in [2.45, 2.75) is 51.4 Å². The second kappa shape index (κ2) is 10.5. The van der Waals surface area contributed by atoms with Gasteiger partial charge in [0.25, 0.3) is 0 Å². The van der Waals surface area contributed by atoms with Crippen molar-refractivity contribution in [2.24, 2.45) is 9.98 Å². The molecule has 6 nitrogen and oxygen atoms in total. The predicted molar refractivity (Wildman–Crippen MR) is 159 cm³/mol. The second-order valence-corrected chi connectivity index (χ2v) is 11.4. The Bertz CT molecular complexity index is 1210. The molecular weight excluding hydrogens is 468 g/mol. The molecule has 0 bridgehead atoms. The van der Waals surface area contributed by atoms with Crippen LogP contribution in [0.2, 0.25) is 0 Å². The summed E-state index contributed by atoms with van der Waals surface area (Å²) in [6, 6.07) is 17.7. The minimum absolute atomic E-state index is 1.05. The van der Waals surface area contributed by atoms with E-state index in [2.05, 4.69) is 68.1 Å². The van der Waals surface area contributed by atoms with Crippen LogP contribution in [0, 0.1) is 0 Å². The lowest BCUT2D eigenvalue weighted by molar-refractivity contribution is 0.395. The first-order valence-electron chi connectivity index (χ1n) is 15.0. The van der Waals surface area contributed by atoms with Crippen LogP contribution in [0.15, 0.2) is 58.5 Å². The third-order valence-electron chi connectivity index (χ3n) is 8.86. The number of hydrogen-bond acceptors (Lipinski definition) is 2. The summed E-state index contributed by atoms with van der Waals surface area (Å²) in [5, 5.41) is 4.96. The zero-order valence-electron chi connectivity index (χ0n) is 22.6. The van der Waals surface area contributed by atoms with Gasteiger partial charge < -0.3 is 19.6 Å². The van der Waals surface area contributed by atoms with Crippen LogP contribution >= 0.6 is 0 Å². The summed E-state index contributed by atoms with van der Waals surface area (Å²) in [6.45, 7) is 8.83. The molecule has 0 radical (unpaired) electrons. The van der Waals surface area contributed by atoms with E-state index < -0.39 is 0 Å². The normalized spacial score (nSPS) is 19.8. The van der Waals surface area contributed by atoms with E-state index in [-0.39, 0.29) is 0 Å². The first kappa shape index (κ1) is 23.8. The van der Waals surface area contributed by atoms with Gasteiger partial charge in [0, 0.05) is 63.1 Å². The summed E-state index contributed by atoms with van der Waals surface area (Å²) < 4.78 is 0. The minimum Gasteiger partial charge on any atom is -0.343 e. The van der Waals surface area contributed by atoms with E-state index >= 15 is 0 Å². The smallest absolute Gasteiger partial charge is 0.201 e. The van der Waals surface area contributed by atoms with Crippen molar-refractivity contribution in [1.29, 1.82) is 0 Å². The average Bonchev–Trinajstić information content (AvgIpc) is 3.79. The van der Waals surface area contributed by atoms with Gasteiger partial charge in [-0.2, -0.15) is 0 Å². The molecule has 4 aliphatic rings. The number of hydrogen-bond donors (Lipinski definition) is 0. The largest absolute Gasteiger partial charge is 0.343 e. The van der Waals surface area contributed by atoms with Gasteiger partial charge in [0.15, 0.2) is 0 Å². The van der Waals surface area contributed by atoms with Gasteiger partial charge in [-0.1, -0.05) is 48.5 Å². The van der Waals surface area contributed by atoms with Gasteiger partial charge in [-0.3, -0.25) is 0 Å². The first-order valence-corrected chi connectivity index (χ1v) is 15.0. The molecule has 6 heteroatoms. The molecule has 4 saturated heterocycles. The van der Waals surface area contributed by atoms with E-state index in [1.54, 1.807) is 0 Å². The van der Waals surface area contributed by atoms with Crippen LogP contribution in [-0.2, 0) is 0 Å². The Morgan fingerprint density at radius 3 is 0.947 bits per heavy atom. The fraction of sp³-hybridized carbons (Fsp3) is 0.500. The number of nitrogens with zero attached hydrogens (tertiary/aromatic N) is 6. The molecule has 0 spiro atoms. The lowest BCUT2D eigenvalue weighted by Gasteiger charge is -2.30. The van der Waals surface area contributed by atoms with Crippen molar-refractivity contribution in [1.82, 2.24) is 19.6 Å². The molecule has 0 aromatic heterocycles. The van der Waals surface area contributed by atoms with Gasteiger partial charge in [0.2, 0.25) is 11.9 Å².